The van der Waals surface area contributed by atoms with E-state index in [0.29, 0.717) is 11.4 Å². The van der Waals surface area contributed by atoms with Crippen LogP contribution in [0.4, 0.5) is 0 Å². The molecule has 0 aliphatic carbocycles. The zero-order valence-electron chi connectivity index (χ0n) is 14.9. The van der Waals surface area contributed by atoms with E-state index in [2.05, 4.69) is 4.98 Å². The number of carbonyl (C=O) groups excluding carboxylic acids is 3. The van der Waals surface area contributed by atoms with Crippen molar-refractivity contribution in [1.29, 1.82) is 0 Å². The summed E-state index contributed by atoms with van der Waals surface area (Å²) in [5, 5.41) is 1.80. The third-order valence-electron chi connectivity index (χ3n) is 4.60. The topological polar surface area (TPSA) is 73.0 Å². The smallest absolute Gasteiger partial charge is 0.291 e. The molecule has 3 heterocycles. The molecule has 0 bridgehead atoms. The number of aromatic nitrogens is 1. The lowest BCUT2D eigenvalue weighted by Crippen LogP contribution is -3.05. The van der Waals surface area contributed by atoms with E-state index >= 15 is 0 Å². The van der Waals surface area contributed by atoms with Crippen LogP contribution in [0.2, 0.25) is 0 Å². The van der Waals surface area contributed by atoms with Crippen LogP contribution >= 0.6 is 11.3 Å². The average Bonchev–Trinajstić information content (AvgIpc) is 3.24. The maximum absolute atomic E-state index is 13.0. The molecule has 3 rings (SSSR count). The molecule has 136 valence electrons. The van der Waals surface area contributed by atoms with Gasteiger partial charge in [-0.3, -0.25) is 14.4 Å². The van der Waals surface area contributed by atoms with Crippen molar-refractivity contribution >= 4 is 28.8 Å². The van der Waals surface area contributed by atoms with E-state index in [1.165, 1.54) is 16.2 Å². The lowest BCUT2D eigenvalue weighted by Gasteiger charge is -2.26. The number of likely N-dealkylation sites (tertiary alicyclic amines) is 1. The molecule has 7 heteroatoms. The van der Waals surface area contributed by atoms with Gasteiger partial charge in [-0.2, -0.15) is 0 Å². The lowest BCUT2D eigenvalue weighted by atomic mass is 9.89. The normalized spacial score (nSPS) is 20.2. The number of Topliss-reactive ketones (excluding diaryl/α,β-unsaturated/α-hetero) is 2. The number of hydrogen-bond acceptors (Lipinski definition) is 4. The van der Waals surface area contributed by atoms with Crippen LogP contribution in [0, 0.1) is 5.92 Å². The molecule has 1 aliphatic heterocycles. The van der Waals surface area contributed by atoms with Gasteiger partial charge in [0.15, 0.2) is 18.2 Å². The molecular formula is C19H23N3O3S+2. The zero-order chi connectivity index (χ0) is 18.7. The fourth-order valence-corrected chi connectivity index (χ4v) is 4.07. The van der Waals surface area contributed by atoms with Gasteiger partial charge in [0.25, 0.3) is 5.91 Å². The van der Waals surface area contributed by atoms with Crippen LogP contribution in [0.1, 0.15) is 27.7 Å². The predicted octanol–water partition coefficient (Wildman–Crippen LogP) is 0.0483. The number of pyridine rings is 1. The molecule has 1 amide bonds. The van der Waals surface area contributed by atoms with Crippen molar-refractivity contribution in [2.45, 2.75) is 12.5 Å². The highest BCUT2D eigenvalue weighted by Crippen LogP contribution is 2.38. The monoisotopic (exact) mass is 373 g/mol. The number of carbonyl (C=O) groups is 3. The van der Waals surface area contributed by atoms with Crippen LogP contribution in [0.3, 0.4) is 0 Å². The first kappa shape index (κ1) is 18.4. The molecule has 0 spiro atoms. The molecule has 26 heavy (non-hydrogen) atoms. The van der Waals surface area contributed by atoms with Crippen LogP contribution < -0.4 is 9.88 Å². The van der Waals surface area contributed by atoms with E-state index in [-0.39, 0.29) is 5.78 Å². The summed E-state index contributed by atoms with van der Waals surface area (Å²) in [6, 6.07) is 6.60. The van der Waals surface area contributed by atoms with Crippen LogP contribution in [0.5, 0.6) is 0 Å². The van der Waals surface area contributed by atoms with Crippen molar-refractivity contribution in [1.82, 2.24) is 4.90 Å². The van der Waals surface area contributed by atoms with Gasteiger partial charge in [0.2, 0.25) is 5.78 Å². The molecule has 0 radical (unpaired) electrons. The van der Waals surface area contributed by atoms with Gasteiger partial charge in [0.1, 0.15) is 5.92 Å². The molecule has 1 aliphatic rings. The van der Waals surface area contributed by atoms with Gasteiger partial charge in [-0.25, -0.2) is 4.98 Å². The highest BCUT2D eigenvalue weighted by atomic mass is 32.1. The van der Waals surface area contributed by atoms with Gasteiger partial charge in [-0.05, 0) is 17.5 Å². The van der Waals surface area contributed by atoms with Crippen molar-refractivity contribution in [2.24, 2.45) is 5.92 Å². The molecule has 2 atom stereocenters. The second kappa shape index (κ2) is 7.88. The number of thiophene rings is 1. The van der Waals surface area contributed by atoms with Crippen molar-refractivity contribution in [3.8, 4) is 0 Å². The minimum absolute atomic E-state index is 0.270. The maximum atomic E-state index is 13.0. The van der Waals surface area contributed by atoms with Crippen molar-refractivity contribution < 1.29 is 24.3 Å². The standard InChI is InChI=1S/C19H21N3O3S/c1-21(2)9-5-10-22-16(13-6-3-8-20-12-13)15(18(24)19(22)25)17(23)14-7-4-11-26-14/h3-4,6-8,11-12,15-16H,5,9-10H2,1-2H3/p+2. The van der Waals surface area contributed by atoms with E-state index in [4.69, 9.17) is 0 Å². The molecule has 0 aromatic carbocycles. The third-order valence-corrected chi connectivity index (χ3v) is 5.48. The van der Waals surface area contributed by atoms with Crippen molar-refractivity contribution in [3.05, 3.63) is 52.5 Å². The Hall–Kier alpha value is -2.38. The molecule has 2 N–H and O–H groups in total. The predicted molar refractivity (Wildman–Crippen MR) is 96.9 cm³/mol. The molecule has 2 unspecified atom stereocenters. The van der Waals surface area contributed by atoms with E-state index in [1.807, 2.05) is 26.2 Å². The third kappa shape index (κ3) is 3.59. The summed E-state index contributed by atoms with van der Waals surface area (Å²) < 4.78 is 0. The number of ketones is 2. The average molecular weight is 373 g/mol. The van der Waals surface area contributed by atoms with Crippen molar-refractivity contribution in [3.63, 3.8) is 0 Å². The number of nitrogens with one attached hydrogen (secondary N) is 2. The highest BCUT2D eigenvalue weighted by molar-refractivity contribution is 7.12. The summed E-state index contributed by atoms with van der Waals surface area (Å²) in [6.07, 6.45) is 4.29. The second-order valence-electron chi connectivity index (χ2n) is 6.77. The number of rotatable bonds is 7. The number of hydrogen-bond donors (Lipinski definition) is 1. The highest BCUT2D eigenvalue weighted by Gasteiger charge is 2.52. The SMILES string of the molecule is C[NH+](C)CCCN1C(=O)C(=O)C(C(=O)c2cccs2)C1c1ccc[nH+]c1. The Bertz CT molecular complexity index is 790. The molecule has 2 aromatic heterocycles. The Morgan fingerprint density at radius 3 is 2.69 bits per heavy atom. The number of nitrogens with zero attached hydrogens (tertiary/aromatic N) is 1. The molecule has 0 saturated carbocycles. The second-order valence-corrected chi connectivity index (χ2v) is 7.72. The Kier molecular flexibility index (Phi) is 5.58. The Balaban J connectivity index is 1.95. The van der Waals surface area contributed by atoms with Gasteiger partial charge in [-0.1, -0.05) is 6.07 Å². The molecule has 2 aromatic rings. The summed E-state index contributed by atoms with van der Waals surface area (Å²) in [6.45, 7) is 1.35. The van der Waals surface area contributed by atoms with E-state index in [0.717, 1.165) is 18.5 Å². The number of H-pyrrole nitrogens is 1. The lowest BCUT2D eigenvalue weighted by molar-refractivity contribution is -0.858. The zero-order valence-corrected chi connectivity index (χ0v) is 15.7. The van der Waals surface area contributed by atoms with Crippen molar-refractivity contribution in [2.75, 3.05) is 27.2 Å². The molecule has 6 nitrogen and oxygen atoms in total. The van der Waals surface area contributed by atoms with Gasteiger partial charge in [0, 0.05) is 24.6 Å². The first-order chi connectivity index (χ1) is 12.5. The first-order valence-corrected chi connectivity index (χ1v) is 9.56. The number of amides is 1. The molecule has 1 fully saturated rings. The van der Waals surface area contributed by atoms with Crippen LogP contribution in [-0.4, -0.2) is 49.6 Å². The summed E-state index contributed by atoms with van der Waals surface area (Å²) in [5.74, 6) is -2.41. The van der Waals surface area contributed by atoms with Crippen LogP contribution in [0.15, 0.2) is 42.0 Å². The van der Waals surface area contributed by atoms with Gasteiger partial charge in [0.05, 0.1) is 31.6 Å². The summed E-state index contributed by atoms with van der Waals surface area (Å²) in [7, 11) is 4.09. The summed E-state index contributed by atoms with van der Waals surface area (Å²) in [4.78, 5) is 44.7. The van der Waals surface area contributed by atoms with E-state index in [9.17, 15) is 14.4 Å². The molecule has 1 saturated heterocycles. The Morgan fingerprint density at radius 2 is 2.08 bits per heavy atom. The van der Waals surface area contributed by atoms with Gasteiger partial charge >= 0.3 is 0 Å². The van der Waals surface area contributed by atoms with Gasteiger partial charge < -0.3 is 9.80 Å². The quantitative estimate of drug-likeness (QED) is 0.423. The van der Waals surface area contributed by atoms with Crippen LogP contribution in [-0.2, 0) is 9.59 Å². The Labute approximate surface area is 156 Å². The fraction of sp³-hybridized carbons (Fsp3) is 0.368. The van der Waals surface area contributed by atoms with Crippen LogP contribution in [0.25, 0.3) is 0 Å². The van der Waals surface area contributed by atoms with E-state index in [1.54, 1.807) is 34.8 Å². The van der Waals surface area contributed by atoms with E-state index < -0.39 is 23.7 Å². The summed E-state index contributed by atoms with van der Waals surface area (Å²) in [5.41, 5.74) is 0.777. The fourth-order valence-electron chi connectivity index (χ4n) is 3.37. The maximum Gasteiger partial charge on any atom is 0.291 e. The minimum atomic E-state index is -0.983. The number of aromatic amines is 1. The largest absolute Gasteiger partial charge is 0.340 e. The van der Waals surface area contributed by atoms with Gasteiger partial charge in [-0.15, -0.1) is 11.3 Å². The number of quaternary nitrogens is 1. The minimum Gasteiger partial charge on any atom is -0.340 e. The summed E-state index contributed by atoms with van der Waals surface area (Å²) >= 11 is 1.30. The molecular weight excluding hydrogens is 350 g/mol. The Morgan fingerprint density at radius 1 is 1.27 bits per heavy atom. The first-order valence-electron chi connectivity index (χ1n) is 8.68.